The van der Waals surface area contributed by atoms with Crippen LogP contribution in [0.3, 0.4) is 0 Å². The summed E-state index contributed by atoms with van der Waals surface area (Å²) in [6.07, 6.45) is 2.59. The van der Waals surface area contributed by atoms with Gasteiger partial charge in [-0.05, 0) is 19.4 Å². The van der Waals surface area contributed by atoms with Crippen molar-refractivity contribution in [3.63, 3.8) is 0 Å². The maximum absolute atomic E-state index is 12.5. The molecule has 1 N–H and O–H groups in total. The molecular weight excluding hydrogens is 330 g/mol. The molecule has 1 aromatic carbocycles. The van der Waals surface area contributed by atoms with Crippen molar-refractivity contribution in [2.45, 2.75) is 46.2 Å². The molecule has 0 spiro atoms. The van der Waals surface area contributed by atoms with Gasteiger partial charge < -0.3 is 14.5 Å². The van der Waals surface area contributed by atoms with Crippen LogP contribution >= 0.6 is 0 Å². The lowest BCUT2D eigenvalue weighted by molar-refractivity contribution is 0.237. The molecule has 1 aromatic heterocycles. The van der Waals surface area contributed by atoms with E-state index in [0.29, 0.717) is 6.54 Å². The first kappa shape index (κ1) is 18.5. The first-order valence-corrected chi connectivity index (χ1v) is 9.11. The Kier molecular flexibility index (Phi) is 5.61. The molecule has 0 radical (unpaired) electrons. The topological polar surface area (TPSA) is 67.5 Å². The summed E-state index contributed by atoms with van der Waals surface area (Å²) in [4.78, 5) is 22.3. The Morgan fingerprint density at radius 1 is 1.27 bits per heavy atom. The molecule has 1 aliphatic rings. The molecule has 6 heteroatoms. The number of benzene rings is 1. The van der Waals surface area contributed by atoms with Crippen molar-refractivity contribution in [3.05, 3.63) is 50.7 Å². The van der Waals surface area contributed by atoms with Crippen LogP contribution in [-0.2, 0) is 25.9 Å². The van der Waals surface area contributed by atoms with Crippen LogP contribution in [0.15, 0.2) is 16.9 Å². The average Bonchev–Trinajstić information content (AvgIpc) is 2.63. The van der Waals surface area contributed by atoms with E-state index in [1.807, 2.05) is 19.1 Å². The number of hydrogen-bond acceptors (Lipinski definition) is 5. The van der Waals surface area contributed by atoms with E-state index in [0.717, 1.165) is 72.1 Å². The molecule has 3 rings (SSSR count). The molecule has 2 heterocycles. The molecule has 26 heavy (non-hydrogen) atoms. The van der Waals surface area contributed by atoms with Crippen molar-refractivity contribution in [2.24, 2.45) is 0 Å². The standard InChI is InChI=1S/C20H27N3O3/c1-5-6-18-21-16-9-10-23(12-15(16)20(24)22-18)11-14-7-8-17(25-3)13(2)19(14)26-4/h7-8H,5-6,9-12H2,1-4H3,(H,21,22,24). The number of aromatic amines is 1. The molecule has 0 unspecified atom stereocenters. The lowest BCUT2D eigenvalue weighted by Gasteiger charge is -2.28. The summed E-state index contributed by atoms with van der Waals surface area (Å²) in [6.45, 7) is 6.30. The predicted octanol–water partition coefficient (Wildman–Crippen LogP) is 2.61. The summed E-state index contributed by atoms with van der Waals surface area (Å²) < 4.78 is 11.0. The first-order chi connectivity index (χ1) is 12.6. The smallest absolute Gasteiger partial charge is 0.255 e. The Bertz CT molecular complexity index is 845. The minimum atomic E-state index is 0.000950. The first-order valence-electron chi connectivity index (χ1n) is 9.11. The maximum Gasteiger partial charge on any atom is 0.255 e. The zero-order valence-corrected chi connectivity index (χ0v) is 16.0. The maximum atomic E-state index is 12.5. The highest BCUT2D eigenvalue weighted by atomic mass is 16.5. The number of methoxy groups -OCH3 is 2. The van der Waals surface area contributed by atoms with Crippen LogP contribution in [0, 0.1) is 6.92 Å². The molecule has 0 saturated heterocycles. The molecule has 1 aliphatic heterocycles. The Labute approximate surface area is 154 Å². The molecule has 0 atom stereocenters. The number of aromatic nitrogens is 2. The van der Waals surface area contributed by atoms with Gasteiger partial charge in [-0.3, -0.25) is 9.69 Å². The number of fused-ring (bicyclic) bond motifs is 1. The number of nitrogens with one attached hydrogen (secondary N) is 1. The fourth-order valence-corrected chi connectivity index (χ4v) is 3.62. The molecule has 0 bridgehead atoms. The molecule has 2 aromatic rings. The van der Waals surface area contributed by atoms with Gasteiger partial charge in [0.05, 0.1) is 25.5 Å². The minimum Gasteiger partial charge on any atom is -0.496 e. The van der Waals surface area contributed by atoms with Gasteiger partial charge in [0.1, 0.15) is 17.3 Å². The van der Waals surface area contributed by atoms with Gasteiger partial charge in [0.25, 0.3) is 5.56 Å². The number of hydrogen-bond donors (Lipinski definition) is 1. The van der Waals surface area contributed by atoms with Crippen LogP contribution in [0.1, 0.15) is 41.6 Å². The quantitative estimate of drug-likeness (QED) is 0.861. The largest absolute Gasteiger partial charge is 0.496 e. The van der Waals surface area contributed by atoms with E-state index >= 15 is 0 Å². The van der Waals surface area contributed by atoms with Crippen LogP contribution < -0.4 is 15.0 Å². The lowest BCUT2D eigenvalue weighted by atomic mass is 10.0. The average molecular weight is 357 g/mol. The number of nitrogens with zero attached hydrogens (tertiary/aromatic N) is 2. The van der Waals surface area contributed by atoms with E-state index in [-0.39, 0.29) is 5.56 Å². The van der Waals surface area contributed by atoms with Crippen LogP contribution in [0.5, 0.6) is 11.5 Å². The Morgan fingerprint density at radius 3 is 2.77 bits per heavy atom. The fourth-order valence-electron chi connectivity index (χ4n) is 3.62. The van der Waals surface area contributed by atoms with Gasteiger partial charge in [-0.1, -0.05) is 13.0 Å². The van der Waals surface area contributed by atoms with E-state index in [4.69, 9.17) is 9.47 Å². The number of ether oxygens (including phenoxy) is 2. The van der Waals surface area contributed by atoms with Crippen molar-refractivity contribution in [3.8, 4) is 11.5 Å². The van der Waals surface area contributed by atoms with E-state index in [2.05, 4.69) is 21.8 Å². The molecular formula is C20H27N3O3. The number of rotatable bonds is 6. The van der Waals surface area contributed by atoms with Gasteiger partial charge in [-0.25, -0.2) is 4.98 Å². The van der Waals surface area contributed by atoms with Crippen molar-refractivity contribution < 1.29 is 9.47 Å². The molecule has 0 amide bonds. The van der Waals surface area contributed by atoms with E-state index in [1.165, 1.54) is 0 Å². The third-order valence-electron chi connectivity index (χ3n) is 4.94. The Balaban J connectivity index is 1.82. The third-order valence-corrected chi connectivity index (χ3v) is 4.94. The highest BCUT2D eigenvalue weighted by Gasteiger charge is 2.22. The summed E-state index contributed by atoms with van der Waals surface area (Å²) >= 11 is 0. The second-order valence-electron chi connectivity index (χ2n) is 6.73. The van der Waals surface area contributed by atoms with Gasteiger partial charge in [0.2, 0.25) is 0 Å². The fraction of sp³-hybridized carbons (Fsp3) is 0.500. The molecule has 140 valence electrons. The number of H-pyrrole nitrogens is 1. The monoisotopic (exact) mass is 357 g/mol. The second-order valence-corrected chi connectivity index (χ2v) is 6.73. The zero-order valence-electron chi connectivity index (χ0n) is 16.0. The third kappa shape index (κ3) is 3.60. The summed E-state index contributed by atoms with van der Waals surface area (Å²) in [5, 5.41) is 0. The molecule has 6 nitrogen and oxygen atoms in total. The van der Waals surface area contributed by atoms with Crippen molar-refractivity contribution in [1.82, 2.24) is 14.9 Å². The number of aryl methyl sites for hydroxylation is 1. The zero-order chi connectivity index (χ0) is 18.7. The summed E-state index contributed by atoms with van der Waals surface area (Å²) in [7, 11) is 3.34. The van der Waals surface area contributed by atoms with Crippen LogP contribution in [0.25, 0.3) is 0 Å². The van der Waals surface area contributed by atoms with E-state index in [9.17, 15) is 4.79 Å². The lowest BCUT2D eigenvalue weighted by Crippen LogP contribution is -2.35. The Morgan fingerprint density at radius 2 is 2.08 bits per heavy atom. The normalized spacial score (nSPS) is 14.2. The van der Waals surface area contributed by atoms with Gasteiger partial charge in [0.15, 0.2) is 0 Å². The van der Waals surface area contributed by atoms with E-state index in [1.54, 1.807) is 14.2 Å². The van der Waals surface area contributed by atoms with E-state index < -0.39 is 0 Å². The van der Waals surface area contributed by atoms with Crippen LogP contribution in [0.4, 0.5) is 0 Å². The Hall–Kier alpha value is -2.34. The van der Waals surface area contributed by atoms with Crippen molar-refractivity contribution >= 4 is 0 Å². The second kappa shape index (κ2) is 7.91. The minimum absolute atomic E-state index is 0.000950. The molecule has 0 fully saturated rings. The molecule has 0 aliphatic carbocycles. The van der Waals surface area contributed by atoms with Crippen LogP contribution in [0.2, 0.25) is 0 Å². The van der Waals surface area contributed by atoms with Crippen molar-refractivity contribution in [2.75, 3.05) is 20.8 Å². The highest BCUT2D eigenvalue weighted by molar-refractivity contribution is 5.49. The predicted molar refractivity (Wildman–Crippen MR) is 101 cm³/mol. The van der Waals surface area contributed by atoms with Crippen LogP contribution in [-0.4, -0.2) is 35.6 Å². The SMILES string of the molecule is CCCc1nc2c(c(=O)[nH]1)CN(Cc1ccc(OC)c(C)c1OC)CC2. The highest BCUT2D eigenvalue weighted by Crippen LogP contribution is 2.32. The van der Waals surface area contributed by atoms with Crippen molar-refractivity contribution in [1.29, 1.82) is 0 Å². The van der Waals surface area contributed by atoms with Gasteiger partial charge in [0, 0.05) is 43.6 Å². The van der Waals surface area contributed by atoms with Gasteiger partial charge in [-0.15, -0.1) is 0 Å². The summed E-state index contributed by atoms with van der Waals surface area (Å²) in [6, 6.07) is 4.00. The summed E-state index contributed by atoms with van der Waals surface area (Å²) in [5.74, 6) is 2.47. The van der Waals surface area contributed by atoms with Gasteiger partial charge in [-0.2, -0.15) is 0 Å². The van der Waals surface area contributed by atoms with Gasteiger partial charge >= 0.3 is 0 Å². The summed E-state index contributed by atoms with van der Waals surface area (Å²) in [5.41, 5.74) is 3.84. The molecule has 0 saturated carbocycles.